The second kappa shape index (κ2) is 4.35. The third-order valence-corrected chi connectivity index (χ3v) is 2.92. The lowest BCUT2D eigenvalue weighted by molar-refractivity contribution is 0.309. The first-order valence-electron chi connectivity index (χ1n) is 4.82. The summed E-state index contributed by atoms with van der Waals surface area (Å²) in [5, 5.41) is 0.479. The second-order valence-electron chi connectivity index (χ2n) is 4.26. The molecule has 0 aliphatic heterocycles. The van der Waals surface area contributed by atoms with Gasteiger partial charge in [-0.15, -0.1) is 11.6 Å². The maximum absolute atomic E-state index is 6.09. The summed E-state index contributed by atoms with van der Waals surface area (Å²) in [7, 11) is 0. The molecule has 11 heavy (non-hydrogen) atoms. The molecule has 0 nitrogen and oxygen atoms in total. The van der Waals surface area contributed by atoms with Gasteiger partial charge in [-0.2, -0.15) is 0 Å². The van der Waals surface area contributed by atoms with Gasteiger partial charge in [-0.25, -0.2) is 0 Å². The van der Waals surface area contributed by atoms with Crippen molar-refractivity contribution in [3.05, 3.63) is 0 Å². The zero-order valence-corrected chi connectivity index (χ0v) is 8.40. The molecule has 66 valence electrons. The van der Waals surface area contributed by atoms with Crippen LogP contribution >= 0.6 is 11.6 Å². The maximum atomic E-state index is 6.09. The van der Waals surface area contributed by atoms with Crippen molar-refractivity contribution in [1.29, 1.82) is 0 Å². The largest absolute Gasteiger partial charge is 0.123 e. The lowest BCUT2D eigenvalue weighted by atomic mass is 9.83. The van der Waals surface area contributed by atoms with Gasteiger partial charge in [-0.3, -0.25) is 0 Å². The summed E-state index contributed by atoms with van der Waals surface area (Å²) >= 11 is 6.09. The Kier molecular flexibility index (Phi) is 3.71. The monoisotopic (exact) mass is 174 g/mol. The van der Waals surface area contributed by atoms with E-state index in [2.05, 4.69) is 13.8 Å². The number of hydrogen-bond donors (Lipinski definition) is 0. The molecule has 0 aromatic carbocycles. The van der Waals surface area contributed by atoms with Gasteiger partial charge in [0.15, 0.2) is 0 Å². The van der Waals surface area contributed by atoms with Gasteiger partial charge < -0.3 is 0 Å². The molecule has 0 heterocycles. The highest BCUT2D eigenvalue weighted by Gasteiger charge is 2.20. The van der Waals surface area contributed by atoms with Crippen LogP contribution in [0.4, 0.5) is 0 Å². The molecule has 0 aromatic rings. The highest BCUT2D eigenvalue weighted by atomic mass is 35.5. The molecule has 1 unspecified atom stereocenters. The minimum absolute atomic E-state index is 0.479. The van der Waals surface area contributed by atoms with Crippen LogP contribution in [-0.4, -0.2) is 5.38 Å². The number of rotatable bonds is 2. The first-order valence-corrected chi connectivity index (χ1v) is 5.26. The molecule has 0 saturated heterocycles. The summed E-state index contributed by atoms with van der Waals surface area (Å²) in [5.74, 6) is 1.77. The van der Waals surface area contributed by atoms with Crippen LogP contribution in [0.3, 0.4) is 0 Å². The third-order valence-electron chi connectivity index (χ3n) is 2.52. The summed E-state index contributed by atoms with van der Waals surface area (Å²) in [6, 6.07) is 0. The summed E-state index contributed by atoms with van der Waals surface area (Å²) in [6.07, 6.45) is 6.66. The molecule has 1 aliphatic carbocycles. The SMILES string of the molecule is CC(C)CC1CCC[C@H](Cl)C1. The van der Waals surface area contributed by atoms with E-state index in [1.807, 2.05) is 0 Å². The van der Waals surface area contributed by atoms with E-state index in [9.17, 15) is 0 Å². The Morgan fingerprint density at radius 3 is 2.64 bits per heavy atom. The Labute approximate surface area is 75.3 Å². The van der Waals surface area contributed by atoms with E-state index in [0.29, 0.717) is 5.38 Å². The van der Waals surface area contributed by atoms with Crippen LogP contribution in [0.5, 0.6) is 0 Å². The summed E-state index contributed by atoms with van der Waals surface area (Å²) in [5.41, 5.74) is 0. The van der Waals surface area contributed by atoms with E-state index in [-0.39, 0.29) is 0 Å². The Morgan fingerprint density at radius 2 is 2.09 bits per heavy atom. The van der Waals surface area contributed by atoms with Crippen LogP contribution in [0.2, 0.25) is 0 Å². The van der Waals surface area contributed by atoms with Gasteiger partial charge in [-0.1, -0.05) is 26.7 Å². The lowest BCUT2D eigenvalue weighted by Crippen LogP contribution is -2.16. The van der Waals surface area contributed by atoms with Crippen molar-refractivity contribution >= 4 is 11.6 Å². The molecule has 1 aliphatic rings. The Hall–Kier alpha value is 0.290. The topological polar surface area (TPSA) is 0 Å². The van der Waals surface area contributed by atoms with Gasteiger partial charge in [0.1, 0.15) is 0 Å². The van der Waals surface area contributed by atoms with E-state index in [0.717, 1.165) is 11.8 Å². The van der Waals surface area contributed by atoms with Crippen molar-refractivity contribution in [1.82, 2.24) is 0 Å². The molecule has 1 saturated carbocycles. The van der Waals surface area contributed by atoms with Crippen LogP contribution in [0.15, 0.2) is 0 Å². The molecular formula is C10H19Cl. The standard InChI is InChI=1S/C10H19Cl/c1-8(2)6-9-4-3-5-10(11)7-9/h8-10H,3-7H2,1-2H3/t9?,10-/m0/s1. The average Bonchev–Trinajstić information content (AvgIpc) is 1.85. The Bertz CT molecular complexity index is 107. The van der Waals surface area contributed by atoms with Crippen molar-refractivity contribution in [3.63, 3.8) is 0 Å². The zero-order chi connectivity index (χ0) is 8.27. The molecule has 2 atom stereocenters. The molecule has 0 spiro atoms. The highest BCUT2D eigenvalue weighted by Crippen LogP contribution is 2.31. The molecule has 0 N–H and O–H groups in total. The van der Waals surface area contributed by atoms with Crippen LogP contribution in [0.25, 0.3) is 0 Å². The van der Waals surface area contributed by atoms with Gasteiger partial charge in [0.25, 0.3) is 0 Å². The Morgan fingerprint density at radius 1 is 1.36 bits per heavy atom. The number of alkyl halides is 1. The predicted octanol–water partition coefficient (Wildman–Crippen LogP) is 3.83. The lowest BCUT2D eigenvalue weighted by Gasteiger charge is -2.26. The summed E-state index contributed by atoms with van der Waals surface area (Å²) in [4.78, 5) is 0. The average molecular weight is 175 g/mol. The first-order chi connectivity index (χ1) is 5.18. The molecule has 1 heteroatoms. The smallest absolute Gasteiger partial charge is 0.0338 e. The molecule has 0 amide bonds. The van der Waals surface area contributed by atoms with Crippen LogP contribution in [0, 0.1) is 11.8 Å². The van der Waals surface area contributed by atoms with E-state index < -0.39 is 0 Å². The van der Waals surface area contributed by atoms with Crippen molar-refractivity contribution < 1.29 is 0 Å². The molecule has 0 aromatic heterocycles. The predicted molar refractivity (Wildman–Crippen MR) is 51.1 cm³/mol. The third kappa shape index (κ3) is 3.46. The highest BCUT2D eigenvalue weighted by molar-refractivity contribution is 6.20. The van der Waals surface area contributed by atoms with Crippen LogP contribution in [-0.2, 0) is 0 Å². The van der Waals surface area contributed by atoms with Crippen LogP contribution in [0.1, 0.15) is 46.0 Å². The maximum Gasteiger partial charge on any atom is 0.0338 e. The number of halogens is 1. The van der Waals surface area contributed by atoms with E-state index in [1.54, 1.807) is 0 Å². The molecule has 0 radical (unpaired) electrons. The van der Waals surface area contributed by atoms with Gasteiger partial charge >= 0.3 is 0 Å². The minimum atomic E-state index is 0.479. The van der Waals surface area contributed by atoms with Crippen LogP contribution < -0.4 is 0 Å². The van der Waals surface area contributed by atoms with Crippen molar-refractivity contribution in [2.75, 3.05) is 0 Å². The molecule has 1 rings (SSSR count). The quantitative estimate of drug-likeness (QED) is 0.559. The van der Waals surface area contributed by atoms with Gasteiger partial charge in [0.2, 0.25) is 0 Å². The molecular weight excluding hydrogens is 156 g/mol. The molecule has 0 bridgehead atoms. The summed E-state index contributed by atoms with van der Waals surface area (Å²) < 4.78 is 0. The van der Waals surface area contributed by atoms with Crippen molar-refractivity contribution in [3.8, 4) is 0 Å². The fraction of sp³-hybridized carbons (Fsp3) is 1.00. The summed E-state index contributed by atoms with van der Waals surface area (Å²) in [6.45, 7) is 4.61. The fourth-order valence-electron chi connectivity index (χ4n) is 2.11. The van der Waals surface area contributed by atoms with Gasteiger partial charge in [0, 0.05) is 5.38 Å². The van der Waals surface area contributed by atoms with Gasteiger partial charge in [-0.05, 0) is 31.1 Å². The number of hydrogen-bond acceptors (Lipinski definition) is 0. The van der Waals surface area contributed by atoms with Gasteiger partial charge in [0.05, 0.1) is 0 Å². The molecule has 1 fully saturated rings. The normalized spacial score (nSPS) is 32.7. The zero-order valence-electron chi connectivity index (χ0n) is 7.65. The Balaban J connectivity index is 2.23. The first kappa shape index (κ1) is 9.38. The van der Waals surface area contributed by atoms with Crippen molar-refractivity contribution in [2.45, 2.75) is 51.3 Å². The van der Waals surface area contributed by atoms with Crippen molar-refractivity contribution in [2.24, 2.45) is 11.8 Å². The van der Waals surface area contributed by atoms with E-state index >= 15 is 0 Å². The fourth-order valence-corrected chi connectivity index (χ4v) is 2.51. The van der Waals surface area contributed by atoms with E-state index in [4.69, 9.17) is 11.6 Å². The second-order valence-corrected chi connectivity index (χ2v) is 4.88. The van der Waals surface area contributed by atoms with E-state index in [1.165, 1.54) is 32.1 Å². The minimum Gasteiger partial charge on any atom is -0.123 e.